The summed E-state index contributed by atoms with van der Waals surface area (Å²) in [5.41, 5.74) is 2.01. The van der Waals surface area contributed by atoms with Crippen LogP contribution in [0.5, 0.6) is 0 Å². The van der Waals surface area contributed by atoms with Crippen molar-refractivity contribution in [2.24, 2.45) is 5.92 Å². The molecule has 0 radical (unpaired) electrons. The highest BCUT2D eigenvalue weighted by Crippen LogP contribution is 2.16. The van der Waals surface area contributed by atoms with E-state index < -0.39 is 0 Å². The van der Waals surface area contributed by atoms with Gasteiger partial charge in [0.1, 0.15) is 5.82 Å². The molecule has 0 fully saturated rings. The second-order valence-electron chi connectivity index (χ2n) is 4.18. The standard InChI is InChI=1S/C13H19F.C2H6/c1-4-5-10(2)8-12-6-7-13(14)11(3)9-12;1-2/h6-7,9-10H,4-5,8H2,1-3H3;1-2H3. The van der Waals surface area contributed by atoms with Crippen molar-refractivity contribution >= 4 is 0 Å². The maximum atomic E-state index is 13.0. The molecule has 16 heavy (non-hydrogen) atoms. The molecule has 0 heterocycles. The monoisotopic (exact) mass is 224 g/mol. The molecule has 1 unspecified atom stereocenters. The summed E-state index contributed by atoms with van der Waals surface area (Å²) in [6, 6.07) is 5.43. The SMILES string of the molecule is CC.CCCC(C)Cc1ccc(F)c(C)c1. The molecular weight excluding hydrogens is 199 g/mol. The highest BCUT2D eigenvalue weighted by molar-refractivity contribution is 5.24. The fraction of sp³-hybridized carbons (Fsp3) is 0.600. The molecule has 0 amide bonds. The summed E-state index contributed by atoms with van der Waals surface area (Å²) in [7, 11) is 0. The van der Waals surface area contributed by atoms with Crippen LogP contribution in [0.4, 0.5) is 4.39 Å². The third-order valence-corrected chi connectivity index (χ3v) is 2.59. The molecule has 0 aliphatic carbocycles. The molecule has 92 valence electrons. The van der Waals surface area contributed by atoms with Crippen molar-refractivity contribution in [3.63, 3.8) is 0 Å². The van der Waals surface area contributed by atoms with Gasteiger partial charge in [0, 0.05) is 0 Å². The fourth-order valence-corrected chi connectivity index (χ4v) is 1.83. The summed E-state index contributed by atoms with van der Waals surface area (Å²) < 4.78 is 13.0. The molecule has 0 nitrogen and oxygen atoms in total. The normalized spacial score (nSPS) is 11.6. The molecule has 0 aliphatic rings. The second kappa shape index (κ2) is 8.32. The van der Waals surface area contributed by atoms with Gasteiger partial charge >= 0.3 is 0 Å². The van der Waals surface area contributed by atoms with Crippen molar-refractivity contribution in [2.75, 3.05) is 0 Å². The van der Waals surface area contributed by atoms with Crippen molar-refractivity contribution in [1.82, 2.24) is 0 Å². The van der Waals surface area contributed by atoms with Crippen LogP contribution in [0.25, 0.3) is 0 Å². The van der Waals surface area contributed by atoms with Crippen molar-refractivity contribution < 1.29 is 4.39 Å². The number of benzene rings is 1. The van der Waals surface area contributed by atoms with Crippen molar-refractivity contribution in [1.29, 1.82) is 0 Å². The van der Waals surface area contributed by atoms with Gasteiger partial charge in [0.25, 0.3) is 0 Å². The van der Waals surface area contributed by atoms with E-state index in [1.165, 1.54) is 18.4 Å². The second-order valence-corrected chi connectivity index (χ2v) is 4.18. The first-order valence-electron chi connectivity index (χ1n) is 6.38. The molecule has 0 bridgehead atoms. The highest BCUT2D eigenvalue weighted by atomic mass is 19.1. The lowest BCUT2D eigenvalue weighted by atomic mass is 9.96. The Morgan fingerprint density at radius 1 is 1.25 bits per heavy atom. The number of hydrogen-bond acceptors (Lipinski definition) is 0. The van der Waals surface area contributed by atoms with Gasteiger partial charge in [-0.1, -0.05) is 52.7 Å². The van der Waals surface area contributed by atoms with Gasteiger partial charge < -0.3 is 0 Å². The van der Waals surface area contributed by atoms with Crippen LogP contribution < -0.4 is 0 Å². The van der Waals surface area contributed by atoms with Crippen molar-refractivity contribution in [2.45, 2.75) is 53.9 Å². The van der Waals surface area contributed by atoms with E-state index in [1.807, 2.05) is 32.9 Å². The topological polar surface area (TPSA) is 0 Å². The van der Waals surface area contributed by atoms with Gasteiger partial charge in [0.2, 0.25) is 0 Å². The highest BCUT2D eigenvalue weighted by Gasteiger charge is 2.04. The molecule has 0 spiro atoms. The first-order chi connectivity index (χ1) is 7.63. The Kier molecular flexibility index (Phi) is 7.88. The average Bonchev–Trinajstić information content (AvgIpc) is 2.27. The van der Waals surface area contributed by atoms with E-state index in [0.29, 0.717) is 5.92 Å². The van der Waals surface area contributed by atoms with Crippen molar-refractivity contribution in [3.8, 4) is 0 Å². The van der Waals surface area contributed by atoms with E-state index in [0.717, 1.165) is 12.0 Å². The minimum Gasteiger partial charge on any atom is -0.207 e. The van der Waals surface area contributed by atoms with Crippen LogP contribution in [0.15, 0.2) is 18.2 Å². The van der Waals surface area contributed by atoms with Gasteiger partial charge in [-0.2, -0.15) is 0 Å². The summed E-state index contributed by atoms with van der Waals surface area (Å²) in [6.45, 7) is 10.3. The van der Waals surface area contributed by atoms with Gasteiger partial charge in [-0.3, -0.25) is 0 Å². The Morgan fingerprint density at radius 3 is 2.38 bits per heavy atom. The third-order valence-electron chi connectivity index (χ3n) is 2.59. The molecule has 0 saturated heterocycles. The first-order valence-corrected chi connectivity index (χ1v) is 6.38. The molecule has 1 aromatic carbocycles. The van der Waals surface area contributed by atoms with Gasteiger partial charge in [0.15, 0.2) is 0 Å². The third kappa shape index (κ3) is 5.29. The number of rotatable bonds is 4. The Morgan fingerprint density at radius 2 is 1.88 bits per heavy atom. The number of hydrogen-bond donors (Lipinski definition) is 0. The van der Waals surface area contributed by atoms with Gasteiger partial charge in [-0.15, -0.1) is 0 Å². The average molecular weight is 224 g/mol. The fourth-order valence-electron chi connectivity index (χ4n) is 1.83. The summed E-state index contributed by atoms with van der Waals surface area (Å²) in [6.07, 6.45) is 3.53. The molecular formula is C15H25F. The zero-order chi connectivity index (χ0) is 12.6. The minimum atomic E-state index is -0.100. The van der Waals surface area contributed by atoms with E-state index >= 15 is 0 Å². The molecule has 0 aliphatic heterocycles. The number of aryl methyl sites for hydroxylation is 1. The Labute approximate surface area is 99.9 Å². The number of halogens is 1. The molecule has 1 rings (SSSR count). The van der Waals surface area contributed by atoms with Gasteiger partial charge in [-0.25, -0.2) is 4.39 Å². The Bertz CT molecular complexity index is 291. The summed E-state index contributed by atoms with van der Waals surface area (Å²) in [4.78, 5) is 0. The lowest BCUT2D eigenvalue weighted by Gasteiger charge is -2.10. The molecule has 1 aromatic rings. The zero-order valence-corrected chi connectivity index (χ0v) is 11.3. The maximum Gasteiger partial charge on any atom is 0.126 e. The van der Waals surface area contributed by atoms with Crippen molar-refractivity contribution in [3.05, 3.63) is 35.1 Å². The van der Waals surface area contributed by atoms with E-state index in [1.54, 1.807) is 6.07 Å². The largest absolute Gasteiger partial charge is 0.207 e. The van der Waals surface area contributed by atoms with E-state index in [9.17, 15) is 4.39 Å². The Balaban J connectivity index is 0.00000106. The van der Waals surface area contributed by atoms with Crippen LogP contribution in [0.2, 0.25) is 0 Å². The molecule has 0 saturated carbocycles. The first kappa shape index (κ1) is 15.2. The van der Waals surface area contributed by atoms with Crippen LogP contribution in [0.3, 0.4) is 0 Å². The zero-order valence-electron chi connectivity index (χ0n) is 11.3. The van der Waals surface area contributed by atoms with Crippen LogP contribution in [0, 0.1) is 18.7 Å². The minimum absolute atomic E-state index is 0.100. The van der Waals surface area contributed by atoms with Crippen LogP contribution in [-0.4, -0.2) is 0 Å². The quantitative estimate of drug-likeness (QED) is 0.664. The molecule has 1 heteroatoms. The van der Waals surface area contributed by atoms with Crippen LogP contribution in [-0.2, 0) is 6.42 Å². The van der Waals surface area contributed by atoms with Gasteiger partial charge in [-0.05, 0) is 36.5 Å². The molecule has 1 atom stereocenters. The van der Waals surface area contributed by atoms with Gasteiger partial charge in [0.05, 0.1) is 0 Å². The predicted octanol–water partition coefficient (Wildman–Crippen LogP) is 5.14. The van der Waals surface area contributed by atoms with Crippen LogP contribution in [0.1, 0.15) is 51.7 Å². The summed E-state index contributed by atoms with van der Waals surface area (Å²) >= 11 is 0. The summed E-state index contributed by atoms with van der Waals surface area (Å²) in [5.74, 6) is 0.599. The van der Waals surface area contributed by atoms with E-state index in [2.05, 4.69) is 13.8 Å². The van der Waals surface area contributed by atoms with E-state index in [-0.39, 0.29) is 5.82 Å². The Hall–Kier alpha value is -0.850. The molecule has 0 N–H and O–H groups in total. The van der Waals surface area contributed by atoms with E-state index in [4.69, 9.17) is 0 Å². The predicted molar refractivity (Wildman–Crippen MR) is 70.3 cm³/mol. The van der Waals surface area contributed by atoms with Crippen LogP contribution >= 0.6 is 0 Å². The maximum absolute atomic E-state index is 13.0. The lowest BCUT2D eigenvalue weighted by Crippen LogP contribution is -1.99. The lowest BCUT2D eigenvalue weighted by molar-refractivity contribution is 0.521. The molecule has 0 aromatic heterocycles. The summed E-state index contributed by atoms with van der Waals surface area (Å²) in [5, 5.41) is 0. The smallest absolute Gasteiger partial charge is 0.126 e.